The molecule has 7 heteroatoms. The van der Waals surface area contributed by atoms with Crippen LogP contribution in [0.3, 0.4) is 0 Å². The van der Waals surface area contributed by atoms with Crippen molar-refractivity contribution in [3.8, 4) is 0 Å². The van der Waals surface area contributed by atoms with Gasteiger partial charge in [0.2, 0.25) is 5.88 Å². The normalized spacial score (nSPS) is 15.8. The predicted octanol–water partition coefficient (Wildman–Crippen LogP) is 3.31. The van der Waals surface area contributed by atoms with Crippen molar-refractivity contribution in [2.45, 2.75) is 45.4 Å². The van der Waals surface area contributed by atoms with Gasteiger partial charge in [0.15, 0.2) is 0 Å². The Morgan fingerprint density at radius 3 is 2.75 bits per heavy atom. The quantitative estimate of drug-likeness (QED) is 0.934. The monoisotopic (exact) mass is 329 g/mol. The van der Waals surface area contributed by atoms with E-state index in [1.54, 1.807) is 11.0 Å². The molecule has 2 aromatic rings. The maximum atomic E-state index is 12.3. The molecule has 3 heterocycles. The van der Waals surface area contributed by atoms with E-state index in [2.05, 4.69) is 34.3 Å². The molecule has 0 aliphatic carbocycles. The Morgan fingerprint density at radius 2 is 2.12 bits per heavy atom. The van der Waals surface area contributed by atoms with Crippen molar-refractivity contribution in [1.29, 1.82) is 0 Å². The van der Waals surface area contributed by atoms with Gasteiger partial charge < -0.3 is 9.42 Å². The van der Waals surface area contributed by atoms with Crippen molar-refractivity contribution in [3.63, 3.8) is 0 Å². The molecule has 0 atom stereocenters. The fraction of sp³-hybridized carbons (Fsp3) is 0.529. The number of nitrogens with one attached hydrogen (secondary N) is 1. The Kier molecular flexibility index (Phi) is 4.78. The third-order valence-electron chi connectivity index (χ3n) is 4.27. The Balaban J connectivity index is 1.57. The number of carbonyl (C=O) groups is 1. The highest BCUT2D eigenvalue weighted by atomic mass is 16.5. The van der Waals surface area contributed by atoms with Crippen LogP contribution in [0.4, 0.5) is 10.7 Å². The number of likely N-dealkylation sites (tertiary alicyclic amines) is 1. The van der Waals surface area contributed by atoms with Gasteiger partial charge >= 0.3 is 6.03 Å². The molecule has 0 radical (unpaired) electrons. The van der Waals surface area contributed by atoms with Crippen LogP contribution in [0.2, 0.25) is 0 Å². The highest BCUT2D eigenvalue weighted by molar-refractivity contribution is 5.87. The summed E-state index contributed by atoms with van der Waals surface area (Å²) >= 11 is 0. The van der Waals surface area contributed by atoms with Gasteiger partial charge in [-0.05, 0) is 25.8 Å². The van der Waals surface area contributed by atoms with Crippen LogP contribution in [-0.4, -0.2) is 39.1 Å². The summed E-state index contributed by atoms with van der Waals surface area (Å²) in [5.74, 6) is 1.97. The van der Waals surface area contributed by atoms with Crippen LogP contribution in [0.5, 0.6) is 0 Å². The zero-order valence-electron chi connectivity index (χ0n) is 14.3. The Bertz CT molecular complexity index is 705. The number of amides is 2. The van der Waals surface area contributed by atoms with Crippen LogP contribution in [0.1, 0.15) is 55.7 Å². The van der Waals surface area contributed by atoms with E-state index in [0.717, 1.165) is 30.1 Å². The molecule has 1 N–H and O–H groups in total. The number of aryl methyl sites for hydroxylation is 1. The van der Waals surface area contributed by atoms with E-state index in [4.69, 9.17) is 4.52 Å². The molecule has 1 aliphatic heterocycles. The molecule has 1 aliphatic rings. The van der Waals surface area contributed by atoms with Crippen LogP contribution in [0, 0.1) is 6.92 Å². The van der Waals surface area contributed by atoms with E-state index in [1.807, 2.05) is 19.2 Å². The third kappa shape index (κ3) is 3.72. The maximum Gasteiger partial charge on any atom is 0.324 e. The van der Waals surface area contributed by atoms with Gasteiger partial charge in [0.05, 0.1) is 5.69 Å². The summed E-state index contributed by atoms with van der Waals surface area (Å²) in [5, 5.41) is 6.51. The first-order chi connectivity index (χ1) is 11.5. The summed E-state index contributed by atoms with van der Waals surface area (Å²) in [4.78, 5) is 23.1. The number of urea groups is 1. The lowest BCUT2D eigenvalue weighted by Gasteiger charge is -2.31. The molecule has 1 saturated heterocycles. The molecule has 2 aromatic heterocycles. The van der Waals surface area contributed by atoms with Crippen molar-refractivity contribution in [2.24, 2.45) is 0 Å². The lowest BCUT2D eigenvalue weighted by molar-refractivity contribution is 0.193. The molecule has 2 amide bonds. The molecule has 128 valence electrons. The van der Waals surface area contributed by atoms with Gasteiger partial charge in [-0.2, -0.15) is 0 Å². The largest absolute Gasteiger partial charge is 0.338 e. The fourth-order valence-electron chi connectivity index (χ4n) is 2.88. The zero-order chi connectivity index (χ0) is 17.1. The van der Waals surface area contributed by atoms with Gasteiger partial charge in [0.25, 0.3) is 0 Å². The molecule has 24 heavy (non-hydrogen) atoms. The van der Waals surface area contributed by atoms with Crippen molar-refractivity contribution in [3.05, 3.63) is 35.5 Å². The van der Waals surface area contributed by atoms with Crippen LogP contribution in [0.15, 0.2) is 22.9 Å². The second kappa shape index (κ2) is 6.98. The number of carbonyl (C=O) groups excluding carboxylic acids is 1. The molecule has 3 rings (SSSR count). The molecular formula is C17H23N5O2. The molecule has 0 unspecified atom stereocenters. The van der Waals surface area contributed by atoms with E-state index in [1.165, 1.54) is 0 Å². The number of nitrogens with zero attached hydrogens (tertiary/aromatic N) is 4. The van der Waals surface area contributed by atoms with Gasteiger partial charge in [-0.25, -0.2) is 14.8 Å². The lowest BCUT2D eigenvalue weighted by atomic mass is 9.93. The van der Waals surface area contributed by atoms with Gasteiger partial charge in [0.1, 0.15) is 5.82 Å². The first kappa shape index (κ1) is 16.4. The molecular weight excluding hydrogens is 306 g/mol. The van der Waals surface area contributed by atoms with Crippen molar-refractivity contribution >= 4 is 11.9 Å². The van der Waals surface area contributed by atoms with E-state index in [0.29, 0.717) is 30.8 Å². The van der Waals surface area contributed by atoms with Crippen LogP contribution >= 0.6 is 0 Å². The average molecular weight is 329 g/mol. The van der Waals surface area contributed by atoms with Gasteiger partial charge in [-0.3, -0.25) is 5.32 Å². The molecule has 1 fully saturated rings. The average Bonchev–Trinajstić information content (AvgIpc) is 3.00. The van der Waals surface area contributed by atoms with E-state index in [9.17, 15) is 4.79 Å². The third-order valence-corrected chi connectivity index (χ3v) is 4.27. The smallest absolute Gasteiger partial charge is 0.324 e. The second-order valence-corrected chi connectivity index (χ2v) is 6.52. The number of rotatable bonds is 3. The minimum absolute atomic E-state index is 0.143. The maximum absolute atomic E-state index is 12.3. The fourth-order valence-corrected chi connectivity index (χ4v) is 2.88. The van der Waals surface area contributed by atoms with Crippen molar-refractivity contribution < 1.29 is 9.32 Å². The van der Waals surface area contributed by atoms with Gasteiger partial charge in [0, 0.05) is 42.9 Å². The number of piperidine rings is 1. The van der Waals surface area contributed by atoms with Crippen molar-refractivity contribution in [2.75, 3.05) is 18.4 Å². The minimum Gasteiger partial charge on any atom is -0.338 e. The van der Waals surface area contributed by atoms with E-state index >= 15 is 0 Å². The predicted molar refractivity (Wildman–Crippen MR) is 89.9 cm³/mol. The van der Waals surface area contributed by atoms with Gasteiger partial charge in [-0.15, -0.1) is 0 Å². The van der Waals surface area contributed by atoms with Crippen molar-refractivity contribution in [1.82, 2.24) is 20.0 Å². The first-order valence-electron chi connectivity index (χ1n) is 8.35. The van der Waals surface area contributed by atoms with Crippen LogP contribution in [-0.2, 0) is 0 Å². The molecule has 7 nitrogen and oxygen atoms in total. The Morgan fingerprint density at radius 1 is 1.38 bits per heavy atom. The molecule has 0 saturated carbocycles. The summed E-state index contributed by atoms with van der Waals surface area (Å²) in [6.07, 6.45) is 3.64. The topological polar surface area (TPSA) is 84.2 Å². The van der Waals surface area contributed by atoms with E-state index in [-0.39, 0.29) is 6.03 Å². The Labute approximate surface area is 141 Å². The molecule has 0 spiro atoms. The standard InChI is InChI=1S/C17H23N5O2/c1-11(2)16-18-7-4-14(19-16)13-5-8-22(9-6-13)17(23)20-15-10-12(3)21-24-15/h4,7,10-11,13H,5-6,8-9H2,1-3H3,(H,20,23). The number of hydrogen-bond acceptors (Lipinski definition) is 5. The summed E-state index contributed by atoms with van der Waals surface area (Å²) in [5.41, 5.74) is 1.83. The lowest BCUT2D eigenvalue weighted by Crippen LogP contribution is -2.40. The second-order valence-electron chi connectivity index (χ2n) is 6.52. The summed E-state index contributed by atoms with van der Waals surface area (Å²) in [7, 11) is 0. The van der Waals surface area contributed by atoms with Crippen LogP contribution < -0.4 is 5.32 Å². The highest BCUT2D eigenvalue weighted by Crippen LogP contribution is 2.27. The minimum atomic E-state index is -0.143. The summed E-state index contributed by atoms with van der Waals surface area (Å²) in [6.45, 7) is 7.40. The first-order valence-corrected chi connectivity index (χ1v) is 8.35. The number of anilines is 1. The SMILES string of the molecule is Cc1cc(NC(=O)N2CCC(c3ccnc(C(C)C)n3)CC2)on1. The summed E-state index contributed by atoms with van der Waals surface area (Å²) < 4.78 is 5.03. The Hall–Kier alpha value is -2.44. The summed E-state index contributed by atoms with van der Waals surface area (Å²) in [6, 6.07) is 3.55. The van der Waals surface area contributed by atoms with Crippen LogP contribution in [0.25, 0.3) is 0 Å². The highest BCUT2D eigenvalue weighted by Gasteiger charge is 2.25. The zero-order valence-corrected chi connectivity index (χ0v) is 14.3. The molecule has 0 bridgehead atoms. The molecule has 0 aromatic carbocycles. The number of hydrogen-bond donors (Lipinski definition) is 1. The number of aromatic nitrogens is 3. The van der Waals surface area contributed by atoms with E-state index < -0.39 is 0 Å². The van der Waals surface area contributed by atoms with Gasteiger partial charge in [-0.1, -0.05) is 19.0 Å².